The maximum atomic E-state index is 13.9. The van der Waals surface area contributed by atoms with E-state index in [1.54, 1.807) is 17.0 Å². The SMILES string of the molecule is CC(C)C[C@H](NC(=O)N1CCCCCC1)C(=O)N[C@H](Cc1c[nH]c2ccccc12)c1nc(-c2ccccc2)c(C(=O)O)[nH]1. The molecule has 3 amide bonds. The lowest BCUT2D eigenvalue weighted by Gasteiger charge is -2.27. The molecule has 43 heavy (non-hydrogen) atoms. The van der Waals surface area contributed by atoms with Gasteiger partial charge in [-0.05, 0) is 36.8 Å². The number of carboxylic acids is 1. The fourth-order valence-corrected chi connectivity index (χ4v) is 5.74. The molecule has 1 aliphatic heterocycles. The maximum absolute atomic E-state index is 13.9. The van der Waals surface area contributed by atoms with Crippen LogP contribution in [0.2, 0.25) is 0 Å². The molecule has 5 N–H and O–H groups in total. The third-order valence-electron chi connectivity index (χ3n) is 7.94. The summed E-state index contributed by atoms with van der Waals surface area (Å²) in [4.78, 5) is 52.2. The number of nitrogens with zero attached hydrogens (tertiary/aromatic N) is 2. The quantitative estimate of drug-likeness (QED) is 0.164. The first kappa shape index (κ1) is 29.9. The first-order chi connectivity index (χ1) is 20.8. The van der Waals surface area contributed by atoms with Crippen molar-refractivity contribution in [3.05, 3.63) is 77.9 Å². The van der Waals surface area contributed by atoms with Crippen LogP contribution in [0.4, 0.5) is 4.79 Å². The molecule has 0 saturated carbocycles. The lowest BCUT2D eigenvalue weighted by Crippen LogP contribution is -2.52. The van der Waals surface area contributed by atoms with Gasteiger partial charge >= 0.3 is 12.0 Å². The molecule has 10 nitrogen and oxygen atoms in total. The van der Waals surface area contributed by atoms with Gasteiger partial charge in [0.25, 0.3) is 0 Å². The van der Waals surface area contributed by atoms with Crippen molar-refractivity contribution in [1.82, 2.24) is 30.5 Å². The average molecular weight is 585 g/mol. The van der Waals surface area contributed by atoms with Crippen LogP contribution in [-0.4, -0.2) is 62.0 Å². The van der Waals surface area contributed by atoms with Crippen LogP contribution in [0.25, 0.3) is 22.2 Å². The van der Waals surface area contributed by atoms with E-state index in [4.69, 9.17) is 4.98 Å². The average Bonchev–Trinajstić information content (AvgIpc) is 3.52. The van der Waals surface area contributed by atoms with Crippen LogP contribution < -0.4 is 10.6 Å². The normalized spacial score (nSPS) is 15.2. The van der Waals surface area contributed by atoms with Crippen molar-refractivity contribution in [2.75, 3.05) is 13.1 Å². The first-order valence-electron chi connectivity index (χ1n) is 15.1. The van der Waals surface area contributed by atoms with Crippen LogP contribution in [0.3, 0.4) is 0 Å². The van der Waals surface area contributed by atoms with E-state index in [9.17, 15) is 19.5 Å². The Morgan fingerprint density at radius 3 is 2.35 bits per heavy atom. The molecule has 0 unspecified atom stereocenters. The van der Waals surface area contributed by atoms with E-state index >= 15 is 0 Å². The summed E-state index contributed by atoms with van der Waals surface area (Å²) in [5, 5.41) is 17.1. The summed E-state index contributed by atoms with van der Waals surface area (Å²) in [5.74, 6) is -0.996. The van der Waals surface area contributed by atoms with Crippen LogP contribution in [0.1, 0.15) is 73.9 Å². The third kappa shape index (κ3) is 7.25. The number of carbonyl (C=O) groups excluding carboxylic acids is 2. The first-order valence-corrected chi connectivity index (χ1v) is 15.1. The molecule has 2 aromatic carbocycles. The van der Waals surface area contributed by atoms with E-state index in [1.165, 1.54) is 0 Å². The van der Waals surface area contributed by atoms with Crippen molar-refractivity contribution >= 4 is 28.8 Å². The minimum Gasteiger partial charge on any atom is -0.477 e. The molecule has 3 heterocycles. The van der Waals surface area contributed by atoms with E-state index in [2.05, 4.69) is 20.6 Å². The zero-order valence-corrected chi connectivity index (χ0v) is 24.7. The highest BCUT2D eigenvalue weighted by atomic mass is 16.4. The van der Waals surface area contributed by atoms with Gasteiger partial charge in [-0.1, -0.05) is 75.2 Å². The molecule has 2 aromatic heterocycles. The van der Waals surface area contributed by atoms with Crippen molar-refractivity contribution in [3.8, 4) is 11.3 Å². The summed E-state index contributed by atoms with van der Waals surface area (Å²) in [6, 6.07) is 15.3. The smallest absolute Gasteiger partial charge is 0.354 e. The van der Waals surface area contributed by atoms with E-state index in [-0.39, 0.29) is 23.6 Å². The Balaban J connectivity index is 1.47. The molecule has 226 valence electrons. The Morgan fingerprint density at radius 1 is 0.953 bits per heavy atom. The Hall–Kier alpha value is -4.60. The number of amides is 3. The van der Waals surface area contributed by atoms with E-state index < -0.39 is 18.1 Å². The van der Waals surface area contributed by atoms with E-state index in [0.717, 1.165) is 42.1 Å². The highest BCUT2D eigenvalue weighted by Crippen LogP contribution is 2.28. The molecule has 0 spiro atoms. The second kappa shape index (κ2) is 13.6. The molecule has 1 aliphatic rings. The summed E-state index contributed by atoms with van der Waals surface area (Å²) in [6.45, 7) is 5.38. The highest BCUT2D eigenvalue weighted by molar-refractivity contribution is 5.93. The van der Waals surface area contributed by atoms with E-state index in [1.807, 2.05) is 62.5 Å². The van der Waals surface area contributed by atoms with Gasteiger partial charge in [0.15, 0.2) is 5.69 Å². The van der Waals surface area contributed by atoms with Gasteiger partial charge in [-0.15, -0.1) is 0 Å². The number of benzene rings is 2. The van der Waals surface area contributed by atoms with Gasteiger partial charge in [-0.25, -0.2) is 14.6 Å². The van der Waals surface area contributed by atoms with Gasteiger partial charge in [0.05, 0.1) is 6.04 Å². The molecule has 4 aromatic rings. The number of urea groups is 1. The minimum atomic E-state index is -1.14. The number of carboxylic acid groups (broad SMARTS) is 1. The summed E-state index contributed by atoms with van der Waals surface area (Å²) in [6.07, 6.45) is 6.81. The number of fused-ring (bicyclic) bond motifs is 1. The number of H-pyrrole nitrogens is 2. The Bertz CT molecular complexity index is 1550. The van der Waals surface area contributed by atoms with Gasteiger partial charge in [0, 0.05) is 42.2 Å². The van der Waals surface area contributed by atoms with Crippen LogP contribution in [0.5, 0.6) is 0 Å². The number of aromatic nitrogens is 3. The Morgan fingerprint density at radius 2 is 1.65 bits per heavy atom. The Labute approximate surface area is 251 Å². The molecule has 1 fully saturated rings. The number of nitrogens with one attached hydrogen (secondary N) is 4. The van der Waals surface area contributed by atoms with Gasteiger partial charge in [-0.2, -0.15) is 0 Å². The largest absolute Gasteiger partial charge is 0.477 e. The number of hydrogen-bond acceptors (Lipinski definition) is 4. The van der Waals surface area contributed by atoms with Crippen molar-refractivity contribution < 1.29 is 19.5 Å². The van der Waals surface area contributed by atoms with Gasteiger partial charge < -0.3 is 30.6 Å². The number of aromatic amines is 2. The van der Waals surface area contributed by atoms with E-state index in [0.29, 0.717) is 43.0 Å². The van der Waals surface area contributed by atoms with Crippen LogP contribution in [-0.2, 0) is 11.2 Å². The lowest BCUT2D eigenvalue weighted by molar-refractivity contribution is -0.124. The molecular formula is C33H40N6O4. The second-order valence-electron chi connectivity index (χ2n) is 11.7. The molecule has 1 saturated heterocycles. The summed E-state index contributed by atoms with van der Waals surface area (Å²) < 4.78 is 0. The molecule has 10 heteroatoms. The highest BCUT2D eigenvalue weighted by Gasteiger charge is 2.30. The number of aromatic carboxylic acids is 1. The van der Waals surface area contributed by atoms with Crippen molar-refractivity contribution in [2.45, 2.75) is 64.5 Å². The number of rotatable bonds is 10. The minimum absolute atomic E-state index is 0.0485. The van der Waals surface area contributed by atoms with Crippen molar-refractivity contribution in [3.63, 3.8) is 0 Å². The Kier molecular flexibility index (Phi) is 9.44. The van der Waals surface area contributed by atoms with Crippen LogP contribution >= 0.6 is 0 Å². The number of para-hydroxylation sites is 1. The topological polar surface area (TPSA) is 143 Å². The predicted octanol–water partition coefficient (Wildman–Crippen LogP) is 5.66. The molecule has 5 rings (SSSR count). The zero-order chi connectivity index (χ0) is 30.3. The van der Waals surface area contributed by atoms with Gasteiger partial charge in [-0.3, -0.25) is 4.79 Å². The predicted molar refractivity (Wildman–Crippen MR) is 166 cm³/mol. The van der Waals surface area contributed by atoms with Crippen molar-refractivity contribution in [1.29, 1.82) is 0 Å². The zero-order valence-electron chi connectivity index (χ0n) is 24.7. The number of likely N-dealkylation sites (tertiary alicyclic amines) is 1. The maximum Gasteiger partial charge on any atom is 0.354 e. The number of imidazole rings is 1. The molecule has 0 radical (unpaired) electrons. The molecule has 2 atom stereocenters. The fraction of sp³-hybridized carbons (Fsp3) is 0.394. The van der Waals surface area contributed by atoms with Crippen LogP contribution in [0, 0.1) is 5.92 Å². The molecule has 0 aliphatic carbocycles. The number of carbonyl (C=O) groups is 3. The molecular weight excluding hydrogens is 544 g/mol. The second-order valence-corrected chi connectivity index (χ2v) is 11.7. The van der Waals surface area contributed by atoms with Gasteiger partial charge in [0.1, 0.15) is 17.6 Å². The number of hydrogen-bond donors (Lipinski definition) is 5. The van der Waals surface area contributed by atoms with Crippen molar-refractivity contribution in [2.24, 2.45) is 5.92 Å². The lowest BCUT2D eigenvalue weighted by atomic mass is 10.0. The molecule has 0 bridgehead atoms. The fourth-order valence-electron chi connectivity index (χ4n) is 5.74. The van der Waals surface area contributed by atoms with Crippen LogP contribution in [0.15, 0.2) is 60.8 Å². The summed E-state index contributed by atoms with van der Waals surface area (Å²) >= 11 is 0. The summed E-state index contributed by atoms with van der Waals surface area (Å²) in [5.41, 5.74) is 2.81. The monoisotopic (exact) mass is 584 g/mol. The summed E-state index contributed by atoms with van der Waals surface area (Å²) in [7, 11) is 0. The standard InChI is InChI=1S/C33H40N6O4/c1-21(2)18-27(36-33(43)39-16-10-3-4-11-17-39)31(40)35-26(19-23-20-34-25-15-9-8-14-24(23)25)30-37-28(29(38-30)32(41)42)22-12-6-5-7-13-22/h5-9,12-15,20-21,26-27,34H,3-4,10-11,16-19H2,1-2H3,(H,35,40)(H,36,43)(H,37,38)(H,41,42)/t26-,27+/m1/s1. The van der Waals surface area contributed by atoms with Gasteiger partial charge in [0.2, 0.25) is 5.91 Å². The third-order valence-corrected chi connectivity index (χ3v) is 7.94.